The number of aromatic nitrogens is 2. The zero-order chi connectivity index (χ0) is 15.0. The Bertz CT molecular complexity index is 747. The maximum absolute atomic E-state index is 12.6. The monoisotopic (exact) mass is 345 g/mol. The largest absolute Gasteiger partial charge is 0.335 e. The number of hydrogen-bond donors (Lipinski definition) is 1. The van der Waals surface area contributed by atoms with E-state index in [1.54, 1.807) is 12.1 Å². The van der Waals surface area contributed by atoms with E-state index in [9.17, 15) is 8.42 Å². The van der Waals surface area contributed by atoms with Gasteiger partial charge in [-0.15, -0.1) is 0 Å². The van der Waals surface area contributed by atoms with Gasteiger partial charge in [-0.3, -0.25) is 0 Å². The van der Waals surface area contributed by atoms with Crippen LogP contribution >= 0.6 is 23.2 Å². The molecule has 8 heteroatoms. The Morgan fingerprint density at radius 2 is 2.10 bits per heavy atom. The summed E-state index contributed by atoms with van der Waals surface area (Å²) in [5, 5.41) is 0.996. The van der Waals surface area contributed by atoms with Gasteiger partial charge in [0, 0.05) is 6.54 Å². The van der Waals surface area contributed by atoms with E-state index in [-0.39, 0.29) is 11.1 Å². The molecule has 1 aliphatic rings. The van der Waals surface area contributed by atoms with Gasteiger partial charge in [-0.2, -0.15) is 4.31 Å². The molecule has 0 bridgehead atoms. The summed E-state index contributed by atoms with van der Waals surface area (Å²) in [6, 6.07) is 5.01. The van der Waals surface area contributed by atoms with Gasteiger partial charge in [-0.05, 0) is 30.5 Å². The number of hydrogen-bond acceptors (Lipinski definition) is 3. The predicted octanol–water partition coefficient (Wildman–Crippen LogP) is 3.24. The van der Waals surface area contributed by atoms with Crippen molar-refractivity contribution in [3.05, 3.63) is 46.3 Å². The first-order chi connectivity index (χ1) is 10.00. The molecule has 112 valence electrons. The van der Waals surface area contributed by atoms with Gasteiger partial charge in [0.05, 0.1) is 28.6 Å². The molecule has 1 saturated heterocycles. The van der Waals surface area contributed by atoms with Gasteiger partial charge < -0.3 is 4.98 Å². The summed E-state index contributed by atoms with van der Waals surface area (Å²) in [6.45, 7) is 0.478. The predicted molar refractivity (Wildman–Crippen MR) is 80.9 cm³/mol. The highest BCUT2D eigenvalue weighted by Gasteiger charge is 2.37. The molecule has 21 heavy (non-hydrogen) atoms. The lowest BCUT2D eigenvalue weighted by molar-refractivity contribution is 0.395. The Hall–Kier alpha value is -1.08. The Morgan fingerprint density at radius 1 is 1.29 bits per heavy atom. The van der Waals surface area contributed by atoms with E-state index in [4.69, 9.17) is 23.2 Å². The zero-order valence-corrected chi connectivity index (χ0v) is 13.3. The van der Waals surface area contributed by atoms with E-state index in [1.807, 2.05) is 6.07 Å². The number of nitrogens with one attached hydrogen (secondary N) is 1. The molecular weight excluding hydrogens is 333 g/mol. The lowest BCUT2D eigenvalue weighted by Gasteiger charge is -2.23. The highest BCUT2D eigenvalue weighted by Crippen LogP contribution is 2.37. The highest BCUT2D eigenvalue weighted by molar-refractivity contribution is 7.89. The number of benzene rings is 1. The second-order valence-corrected chi connectivity index (χ2v) is 7.54. The minimum absolute atomic E-state index is 0.106. The average molecular weight is 346 g/mol. The molecule has 0 spiro atoms. The molecule has 0 amide bonds. The van der Waals surface area contributed by atoms with Crippen molar-refractivity contribution in [2.75, 3.05) is 6.54 Å². The van der Waals surface area contributed by atoms with E-state index in [1.165, 1.54) is 16.8 Å². The third kappa shape index (κ3) is 2.68. The first-order valence-electron chi connectivity index (χ1n) is 6.45. The molecule has 1 aromatic carbocycles. The van der Waals surface area contributed by atoms with E-state index in [0.717, 1.165) is 18.4 Å². The van der Waals surface area contributed by atoms with Crippen molar-refractivity contribution in [3.8, 4) is 0 Å². The third-order valence-corrected chi connectivity index (χ3v) is 6.16. The summed E-state index contributed by atoms with van der Waals surface area (Å²) >= 11 is 12.0. The Labute approximate surface area is 132 Å². The van der Waals surface area contributed by atoms with Crippen LogP contribution in [-0.4, -0.2) is 29.2 Å². The molecule has 1 unspecified atom stereocenters. The van der Waals surface area contributed by atoms with Crippen LogP contribution in [0.15, 0.2) is 35.7 Å². The van der Waals surface area contributed by atoms with Crippen molar-refractivity contribution in [1.29, 1.82) is 0 Å². The van der Waals surface area contributed by atoms with Crippen LogP contribution in [0, 0.1) is 0 Å². The molecule has 5 nitrogen and oxygen atoms in total. The molecule has 0 aliphatic carbocycles. The van der Waals surface area contributed by atoms with Crippen molar-refractivity contribution >= 4 is 33.2 Å². The van der Waals surface area contributed by atoms with Gasteiger partial charge >= 0.3 is 0 Å². The molecular formula is C13H13Cl2N3O2S. The summed E-state index contributed by atoms with van der Waals surface area (Å²) in [4.78, 5) is 6.44. The maximum Gasteiger partial charge on any atom is 0.260 e. The Balaban J connectivity index is 1.98. The second kappa shape index (κ2) is 5.61. The van der Waals surface area contributed by atoms with Crippen molar-refractivity contribution < 1.29 is 8.42 Å². The molecule has 2 heterocycles. The molecule has 3 rings (SSSR count). The average Bonchev–Trinajstić information content (AvgIpc) is 3.12. The molecule has 0 saturated carbocycles. The smallest absolute Gasteiger partial charge is 0.260 e. The van der Waals surface area contributed by atoms with Crippen LogP contribution in [-0.2, 0) is 10.0 Å². The zero-order valence-electron chi connectivity index (χ0n) is 11.0. The van der Waals surface area contributed by atoms with E-state index in [2.05, 4.69) is 9.97 Å². The highest BCUT2D eigenvalue weighted by atomic mass is 35.5. The van der Waals surface area contributed by atoms with Crippen molar-refractivity contribution in [2.24, 2.45) is 0 Å². The number of sulfonamides is 1. The minimum atomic E-state index is -3.58. The van der Waals surface area contributed by atoms with Crippen LogP contribution in [0.3, 0.4) is 0 Å². The van der Waals surface area contributed by atoms with Crippen LogP contribution < -0.4 is 0 Å². The number of H-pyrrole nitrogens is 1. The number of rotatable bonds is 3. The van der Waals surface area contributed by atoms with Gasteiger partial charge in [0.15, 0.2) is 5.03 Å². The molecule has 1 fully saturated rings. The molecule has 1 N–H and O–H groups in total. The van der Waals surface area contributed by atoms with Crippen LogP contribution in [0.25, 0.3) is 0 Å². The van der Waals surface area contributed by atoms with Crippen LogP contribution in [0.4, 0.5) is 0 Å². The van der Waals surface area contributed by atoms with Gasteiger partial charge in [0.1, 0.15) is 0 Å². The lowest BCUT2D eigenvalue weighted by atomic mass is 10.1. The van der Waals surface area contributed by atoms with Crippen LogP contribution in [0.5, 0.6) is 0 Å². The SMILES string of the molecule is O=S(=O)(c1cnc[nH]1)N1CCCC1c1ccc(Cl)c(Cl)c1. The van der Waals surface area contributed by atoms with Gasteiger partial charge in [-0.1, -0.05) is 29.3 Å². The van der Waals surface area contributed by atoms with E-state index < -0.39 is 10.0 Å². The van der Waals surface area contributed by atoms with Crippen molar-refractivity contribution in [2.45, 2.75) is 23.9 Å². The normalized spacial score (nSPS) is 20.0. The Morgan fingerprint density at radius 3 is 2.76 bits per heavy atom. The number of aromatic amines is 1. The van der Waals surface area contributed by atoms with Crippen molar-refractivity contribution in [3.63, 3.8) is 0 Å². The second-order valence-electron chi connectivity index (χ2n) is 4.86. The molecule has 1 aromatic heterocycles. The Kier molecular flexibility index (Phi) is 3.96. The quantitative estimate of drug-likeness (QED) is 0.928. The van der Waals surface area contributed by atoms with Crippen molar-refractivity contribution in [1.82, 2.24) is 14.3 Å². The number of halogens is 2. The minimum Gasteiger partial charge on any atom is -0.335 e. The molecule has 0 radical (unpaired) electrons. The summed E-state index contributed by atoms with van der Waals surface area (Å²) < 4.78 is 26.7. The number of imidazole rings is 1. The summed E-state index contributed by atoms with van der Waals surface area (Å²) in [5.41, 5.74) is 0.852. The standard InChI is InChI=1S/C13H13Cl2N3O2S/c14-10-4-3-9(6-11(10)15)12-2-1-5-18(12)21(19,20)13-7-16-8-17-13/h3-4,6-8,12H,1-2,5H2,(H,16,17). The fraction of sp³-hybridized carbons (Fsp3) is 0.308. The summed E-state index contributed by atoms with van der Waals surface area (Å²) in [7, 11) is -3.58. The van der Waals surface area contributed by atoms with Gasteiger partial charge in [-0.25, -0.2) is 13.4 Å². The van der Waals surface area contributed by atoms with Gasteiger partial charge in [0.25, 0.3) is 10.0 Å². The molecule has 2 aromatic rings. The van der Waals surface area contributed by atoms with E-state index in [0.29, 0.717) is 16.6 Å². The van der Waals surface area contributed by atoms with Gasteiger partial charge in [0.2, 0.25) is 0 Å². The van der Waals surface area contributed by atoms with Crippen LogP contribution in [0.1, 0.15) is 24.4 Å². The summed E-state index contributed by atoms with van der Waals surface area (Å²) in [5.74, 6) is 0. The molecule has 1 atom stereocenters. The van der Waals surface area contributed by atoms with Crippen LogP contribution in [0.2, 0.25) is 10.0 Å². The summed E-state index contributed by atoms with van der Waals surface area (Å²) in [6.07, 6.45) is 4.24. The third-order valence-electron chi connectivity index (χ3n) is 3.59. The topological polar surface area (TPSA) is 66.1 Å². The first kappa shape index (κ1) is 14.8. The fourth-order valence-electron chi connectivity index (χ4n) is 2.59. The lowest BCUT2D eigenvalue weighted by Crippen LogP contribution is -2.30. The maximum atomic E-state index is 12.6. The first-order valence-corrected chi connectivity index (χ1v) is 8.65. The molecule has 1 aliphatic heterocycles. The number of nitrogens with zero attached hydrogens (tertiary/aromatic N) is 2. The fourth-order valence-corrected chi connectivity index (χ4v) is 4.48. The van der Waals surface area contributed by atoms with E-state index >= 15 is 0 Å².